The molecule has 0 radical (unpaired) electrons. The standard InChI is InChI=1S/C19H25FN4O/c1-13-17(18(21)23(2)22-13)19(25)24(15-9-4-3-5-10-15)12-14-8-6-7-11-16(14)20/h6-8,11,15H,3-5,9-10,12,21H2,1-2H3. The highest BCUT2D eigenvalue weighted by Gasteiger charge is 2.30. The maximum absolute atomic E-state index is 14.2. The molecule has 3 rings (SSSR count). The van der Waals surface area contributed by atoms with Crippen LogP contribution in [0.1, 0.15) is 53.7 Å². The molecule has 5 nitrogen and oxygen atoms in total. The first kappa shape index (κ1) is 17.5. The summed E-state index contributed by atoms with van der Waals surface area (Å²) in [7, 11) is 1.72. The van der Waals surface area contributed by atoms with Crippen molar-refractivity contribution in [1.29, 1.82) is 0 Å². The van der Waals surface area contributed by atoms with Gasteiger partial charge in [0, 0.05) is 25.2 Å². The lowest BCUT2D eigenvalue weighted by Crippen LogP contribution is -2.41. The van der Waals surface area contributed by atoms with Crippen LogP contribution in [0.15, 0.2) is 24.3 Å². The Labute approximate surface area is 147 Å². The molecule has 25 heavy (non-hydrogen) atoms. The van der Waals surface area contributed by atoms with Gasteiger partial charge in [-0.2, -0.15) is 5.10 Å². The molecule has 0 saturated heterocycles. The van der Waals surface area contributed by atoms with Gasteiger partial charge in [0.1, 0.15) is 17.2 Å². The lowest BCUT2D eigenvalue weighted by Gasteiger charge is -2.34. The number of carbonyl (C=O) groups excluding carboxylic acids is 1. The second-order valence-corrected chi connectivity index (χ2v) is 6.79. The molecule has 0 aliphatic heterocycles. The summed E-state index contributed by atoms with van der Waals surface area (Å²) in [5.41, 5.74) is 7.65. The molecule has 6 heteroatoms. The smallest absolute Gasteiger partial charge is 0.260 e. The normalized spacial score (nSPS) is 15.3. The fourth-order valence-electron chi connectivity index (χ4n) is 3.65. The third-order valence-electron chi connectivity index (χ3n) is 5.06. The van der Waals surface area contributed by atoms with Crippen LogP contribution in [0.4, 0.5) is 10.2 Å². The van der Waals surface area contributed by atoms with E-state index in [2.05, 4.69) is 5.10 Å². The van der Waals surface area contributed by atoms with Gasteiger partial charge in [-0.15, -0.1) is 0 Å². The molecule has 1 saturated carbocycles. The first-order chi connectivity index (χ1) is 12.0. The van der Waals surface area contributed by atoms with Gasteiger partial charge in [0.25, 0.3) is 5.91 Å². The topological polar surface area (TPSA) is 64.2 Å². The molecule has 1 aliphatic carbocycles. The largest absolute Gasteiger partial charge is 0.383 e. The summed E-state index contributed by atoms with van der Waals surface area (Å²) in [6.07, 6.45) is 5.26. The van der Waals surface area contributed by atoms with Gasteiger partial charge in [0.15, 0.2) is 0 Å². The van der Waals surface area contributed by atoms with Crippen molar-refractivity contribution in [1.82, 2.24) is 14.7 Å². The number of aryl methyl sites for hydroxylation is 2. The zero-order valence-electron chi connectivity index (χ0n) is 14.8. The number of aromatic nitrogens is 2. The van der Waals surface area contributed by atoms with Crippen LogP contribution in [0.2, 0.25) is 0 Å². The van der Waals surface area contributed by atoms with E-state index in [0.29, 0.717) is 22.6 Å². The van der Waals surface area contributed by atoms with E-state index in [-0.39, 0.29) is 24.3 Å². The van der Waals surface area contributed by atoms with Crippen LogP contribution >= 0.6 is 0 Å². The highest BCUT2D eigenvalue weighted by molar-refractivity contribution is 5.99. The summed E-state index contributed by atoms with van der Waals surface area (Å²) in [6.45, 7) is 2.04. The van der Waals surface area contributed by atoms with E-state index in [9.17, 15) is 9.18 Å². The maximum atomic E-state index is 14.2. The van der Waals surface area contributed by atoms with E-state index < -0.39 is 0 Å². The number of benzene rings is 1. The fraction of sp³-hybridized carbons (Fsp3) is 0.474. The zero-order chi connectivity index (χ0) is 18.0. The van der Waals surface area contributed by atoms with E-state index in [1.165, 1.54) is 17.2 Å². The van der Waals surface area contributed by atoms with Gasteiger partial charge >= 0.3 is 0 Å². The summed E-state index contributed by atoms with van der Waals surface area (Å²) in [6, 6.07) is 6.74. The van der Waals surface area contributed by atoms with Gasteiger partial charge in [0.2, 0.25) is 0 Å². The minimum atomic E-state index is -0.285. The molecule has 134 valence electrons. The molecule has 2 N–H and O–H groups in total. The number of anilines is 1. The third-order valence-corrected chi connectivity index (χ3v) is 5.06. The molecule has 1 aromatic heterocycles. The molecule has 1 aliphatic rings. The van der Waals surface area contributed by atoms with Crippen molar-refractivity contribution in [2.24, 2.45) is 7.05 Å². The predicted octanol–water partition coefficient (Wildman–Crippen LogP) is 3.42. The van der Waals surface area contributed by atoms with E-state index in [4.69, 9.17) is 5.73 Å². The van der Waals surface area contributed by atoms with Gasteiger partial charge < -0.3 is 10.6 Å². The molecule has 1 heterocycles. The Morgan fingerprint density at radius 3 is 2.60 bits per heavy atom. The van der Waals surface area contributed by atoms with E-state index >= 15 is 0 Å². The Hall–Kier alpha value is -2.37. The number of nitrogen functional groups attached to an aromatic ring is 1. The predicted molar refractivity (Wildman–Crippen MR) is 95.5 cm³/mol. The fourth-order valence-corrected chi connectivity index (χ4v) is 3.65. The summed E-state index contributed by atoms with van der Waals surface area (Å²) in [5.74, 6) is -0.0814. The highest BCUT2D eigenvalue weighted by atomic mass is 19.1. The van der Waals surface area contributed by atoms with E-state index in [0.717, 1.165) is 25.7 Å². The SMILES string of the molecule is Cc1nn(C)c(N)c1C(=O)N(Cc1ccccc1F)C1CCCCC1. The maximum Gasteiger partial charge on any atom is 0.260 e. The molecule has 2 aromatic rings. The Kier molecular flexibility index (Phi) is 5.06. The second-order valence-electron chi connectivity index (χ2n) is 6.79. The second kappa shape index (κ2) is 7.25. The van der Waals surface area contributed by atoms with Crippen LogP contribution in [0.5, 0.6) is 0 Å². The van der Waals surface area contributed by atoms with Crippen LogP contribution in [-0.2, 0) is 13.6 Å². The summed E-state index contributed by atoms with van der Waals surface area (Å²) in [4.78, 5) is 15.1. The zero-order valence-corrected chi connectivity index (χ0v) is 14.8. The Morgan fingerprint density at radius 2 is 2.00 bits per heavy atom. The molecule has 0 atom stereocenters. The van der Waals surface area contributed by atoms with Crippen molar-refractivity contribution in [3.8, 4) is 0 Å². The number of carbonyl (C=O) groups is 1. The molecule has 1 fully saturated rings. The number of hydrogen-bond acceptors (Lipinski definition) is 3. The van der Waals surface area contributed by atoms with Crippen LogP contribution in [-0.4, -0.2) is 26.6 Å². The quantitative estimate of drug-likeness (QED) is 0.924. The number of hydrogen-bond donors (Lipinski definition) is 1. The van der Waals surface area contributed by atoms with Crippen molar-refractivity contribution in [2.75, 3.05) is 5.73 Å². The molecular weight excluding hydrogens is 319 g/mol. The van der Waals surface area contributed by atoms with Gasteiger partial charge in [-0.3, -0.25) is 9.48 Å². The number of rotatable bonds is 4. The lowest BCUT2D eigenvalue weighted by atomic mass is 9.93. The lowest BCUT2D eigenvalue weighted by molar-refractivity contribution is 0.0612. The third kappa shape index (κ3) is 3.52. The van der Waals surface area contributed by atoms with Crippen molar-refractivity contribution >= 4 is 11.7 Å². The van der Waals surface area contributed by atoms with Crippen molar-refractivity contribution < 1.29 is 9.18 Å². The Morgan fingerprint density at radius 1 is 1.32 bits per heavy atom. The van der Waals surface area contributed by atoms with Crippen molar-refractivity contribution in [3.63, 3.8) is 0 Å². The number of halogens is 1. The molecule has 1 aromatic carbocycles. The number of amides is 1. The minimum Gasteiger partial charge on any atom is -0.383 e. The van der Waals surface area contributed by atoms with Crippen LogP contribution < -0.4 is 5.73 Å². The first-order valence-corrected chi connectivity index (χ1v) is 8.82. The minimum absolute atomic E-state index is 0.111. The number of nitrogens with two attached hydrogens (primary N) is 1. The van der Waals surface area contributed by atoms with Gasteiger partial charge in [0.05, 0.1) is 5.69 Å². The summed E-state index contributed by atoms with van der Waals surface area (Å²) in [5, 5.41) is 4.25. The van der Waals surface area contributed by atoms with Gasteiger partial charge in [-0.1, -0.05) is 37.5 Å². The summed E-state index contributed by atoms with van der Waals surface area (Å²) < 4.78 is 15.7. The monoisotopic (exact) mass is 344 g/mol. The molecular formula is C19H25FN4O. The Balaban J connectivity index is 1.95. The van der Waals surface area contributed by atoms with Crippen LogP contribution in [0.3, 0.4) is 0 Å². The van der Waals surface area contributed by atoms with Gasteiger partial charge in [-0.25, -0.2) is 4.39 Å². The average molecular weight is 344 g/mol. The summed E-state index contributed by atoms with van der Waals surface area (Å²) >= 11 is 0. The Bertz CT molecular complexity index is 765. The van der Waals surface area contributed by atoms with E-state index in [1.807, 2.05) is 0 Å². The van der Waals surface area contributed by atoms with Crippen LogP contribution in [0, 0.1) is 12.7 Å². The van der Waals surface area contributed by atoms with Crippen molar-refractivity contribution in [3.05, 3.63) is 46.9 Å². The average Bonchev–Trinajstić information content (AvgIpc) is 2.86. The molecule has 0 unspecified atom stereocenters. The number of nitrogens with zero attached hydrogens (tertiary/aromatic N) is 3. The van der Waals surface area contributed by atoms with Crippen LogP contribution in [0.25, 0.3) is 0 Å². The molecule has 1 amide bonds. The highest BCUT2D eigenvalue weighted by Crippen LogP contribution is 2.28. The first-order valence-electron chi connectivity index (χ1n) is 8.82. The van der Waals surface area contributed by atoms with Gasteiger partial charge in [-0.05, 0) is 25.8 Å². The van der Waals surface area contributed by atoms with Crippen molar-refractivity contribution in [2.45, 2.75) is 51.6 Å². The molecule has 0 spiro atoms. The van der Waals surface area contributed by atoms with E-state index in [1.54, 1.807) is 37.1 Å². The molecule has 0 bridgehead atoms.